The molecule has 1 N–H and O–H groups in total. The van der Waals surface area contributed by atoms with Crippen LogP contribution in [0.25, 0.3) is 16.7 Å². The highest BCUT2D eigenvalue weighted by atomic mass is 35.5. The summed E-state index contributed by atoms with van der Waals surface area (Å²) < 4.78 is 3.02. The van der Waals surface area contributed by atoms with Crippen LogP contribution < -0.4 is 5.69 Å². The zero-order chi connectivity index (χ0) is 20.4. The Bertz CT molecular complexity index is 1080. The summed E-state index contributed by atoms with van der Waals surface area (Å²) in [6.45, 7) is 6.89. The van der Waals surface area contributed by atoms with Crippen LogP contribution in [0.3, 0.4) is 0 Å². The third-order valence-corrected chi connectivity index (χ3v) is 5.46. The summed E-state index contributed by atoms with van der Waals surface area (Å²) in [4.78, 5) is 27.0. The number of likely N-dealkylation sites (N-methyl/N-ethyl adjacent to an activating group) is 1. The lowest BCUT2D eigenvalue weighted by Gasteiger charge is -2.18. The van der Waals surface area contributed by atoms with Gasteiger partial charge < -0.3 is 10.0 Å². The first kappa shape index (κ1) is 20.5. The molecule has 1 aromatic heterocycles. The lowest BCUT2D eigenvalue weighted by molar-refractivity contribution is 0.0697. The van der Waals surface area contributed by atoms with Gasteiger partial charge in [-0.2, -0.15) is 0 Å². The second kappa shape index (κ2) is 8.39. The molecule has 0 atom stereocenters. The van der Waals surface area contributed by atoms with E-state index in [1.807, 2.05) is 0 Å². The van der Waals surface area contributed by atoms with E-state index in [9.17, 15) is 14.7 Å². The van der Waals surface area contributed by atoms with Gasteiger partial charge in [0.05, 0.1) is 32.3 Å². The maximum Gasteiger partial charge on any atom is 0.335 e. The fraction of sp³-hybridized carbons (Fsp3) is 0.300. The Labute approximate surface area is 172 Å². The maximum absolute atomic E-state index is 13.3. The van der Waals surface area contributed by atoms with Crippen molar-refractivity contribution in [3.05, 3.63) is 62.5 Å². The highest BCUT2D eigenvalue weighted by Crippen LogP contribution is 2.30. The van der Waals surface area contributed by atoms with Crippen LogP contribution in [-0.4, -0.2) is 44.7 Å². The number of hydrogen-bond donors (Lipinski definition) is 1. The van der Waals surface area contributed by atoms with Gasteiger partial charge in [-0.1, -0.05) is 49.2 Å². The van der Waals surface area contributed by atoms with Crippen molar-refractivity contribution in [2.45, 2.75) is 20.4 Å². The van der Waals surface area contributed by atoms with Crippen LogP contribution in [-0.2, 0) is 6.54 Å². The Morgan fingerprint density at radius 2 is 1.79 bits per heavy atom. The first-order valence-electron chi connectivity index (χ1n) is 9.04. The number of imidazole rings is 1. The van der Waals surface area contributed by atoms with Gasteiger partial charge in [-0.25, -0.2) is 9.59 Å². The number of benzene rings is 2. The fourth-order valence-electron chi connectivity index (χ4n) is 3.31. The highest BCUT2D eigenvalue weighted by Gasteiger charge is 2.21. The Balaban J connectivity index is 2.29. The van der Waals surface area contributed by atoms with Crippen LogP contribution >= 0.6 is 23.2 Å². The van der Waals surface area contributed by atoms with E-state index in [1.54, 1.807) is 28.8 Å². The second-order valence-electron chi connectivity index (χ2n) is 6.38. The molecule has 2 aromatic carbocycles. The molecule has 3 rings (SSSR count). The number of carboxylic acids is 1. The van der Waals surface area contributed by atoms with Gasteiger partial charge in [-0.3, -0.25) is 9.13 Å². The predicted molar refractivity (Wildman–Crippen MR) is 112 cm³/mol. The molecule has 1 heterocycles. The van der Waals surface area contributed by atoms with Crippen LogP contribution in [0.4, 0.5) is 0 Å². The molecule has 0 saturated carbocycles. The number of carboxylic acid groups (broad SMARTS) is 1. The van der Waals surface area contributed by atoms with Gasteiger partial charge in [0.25, 0.3) is 0 Å². The Kier molecular flexibility index (Phi) is 6.13. The third-order valence-electron chi connectivity index (χ3n) is 4.85. The summed E-state index contributed by atoms with van der Waals surface area (Å²) >= 11 is 12.8. The molecule has 0 bridgehead atoms. The number of aromatic nitrogens is 2. The van der Waals surface area contributed by atoms with Crippen molar-refractivity contribution in [1.82, 2.24) is 14.0 Å². The molecule has 0 aliphatic carbocycles. The SMILES string of the molecule is CCN(CC)CCn1c(=O)n(-c2ccccc2Cl)c2c(Cl)cc(C(=O)O)cc21. The van der Waals surface area contributed by atoms with Crippen molar-refractivity contribution in [2.75, 3.05) is 19.6 Å². The van der Waals surface area contributed by atoms with Gasteiger partial charge >= 0.3 is 11.7 Å². The minimum absolute atomic E-state index is 0.0328. The first-order valence-corrected chi connectivity index (χ1v) is 9.79. The molecule has 0 aliphatic rings. The summed E-state index contributed by atoms with van der Waals surface area (Å²) in [5.74, 6) is -1.10. The molecule has 148 valence electrons. The number of halogens is 2. The van der Waals surface area contributed by atoms with Gasteiger partial charge in [0.15, 0.2) is 0 Å². The largest absolute Gasteiger partial charge is 0.478 e. The summed E-state index contributed by atoms with van der Waals surface area (Å²) in [7, 11) is 0. The second-order valence-corrected chi connectivity index (χ2v) is 7.19. The van der Waals surface area contributed by atoms with Crippen molar-refractivity contribution in [3.8, 4) is 5.69 Å². The number of fused-ring (bicyclic) bond motifs is 1. The van der Waals surface area contributed by atoms with E-state index >= 15 is 0 Å². The zero-order valence-corrected chi connectivity index (χ0v) is 17.2. The van der Waals surface area contributed by atoms with Crippen LogP contribution in [0.2, 0.25) is 10.0 Å². The highest BCUT2D eigenvalue weighted by molar-refractivity contribution is 6.36. The molecule has 6 nitrogen and oxygen atoms in total. The zero-order valence-electron chi connectivity index (χ0n) is 15.7. The van der Waals surface area contributed by atoms with E-state index in [0.717, 1.165) is 13.1 Å². The van der Waals surface area contributed by atoms with E-state index in [-0.39, 0.29) is 16.3 Å². The van der Waals surface area contributed by atoms with Crippen LogP contribution in [0.5, 0.6) is 0 Å². The quantitative estimate of drug-likeness (QED) is 0.622. The Morgan fingerprint density at radius 3 is 2.39 bits per heavy atom. The van der Waals surface area contributed by atoms with Gasteiger partial charge in [0, 0.05) is 13.1 Å². The minimum atomic E-state index is -1.10. The Hall–Kier alpha value is -2.28. The molecule has 0 amide bonds. The third kappa shape index (κ3) is 3.68. The predicted octanol–water partition coefficient (Wildman–Crippen LogP) is 4.14. The monoisotopic (exact) mass is 421 g/mol. The van der Waals surface area contributed by atoms with Crippen molar-refractivity contribution in [1.29, 1.82) is 0 Å². The van der Waals surface area contributed by atoms with Gasteiger partial charge in [-0.15, -0.1) is 0 Å². The number of aromatic carboxylic acids is 1. The van der Waals surface area contributed by atoms with Crippen molar-refractivity contribution in [3.63, 3.8) is 0 Å². The van der Waals surface area contributed by atoms with Crippen molar-refractivity contribution in [2.24, 2.45) is 0 Å². The number of carbonyl (C=O) groups is 1. The van der Waals surface area contributed by atoms with Crippen LogP contribution in [0.1, 0.15) is 24.2 Å². The fourth-order valence-corrected chi connectivity index (χ4v) is 3.83. The minimum Gasteiger partial charge on any atom is -0.478 e. The molecular formula is C20H21Cl2N3O3. The van der Waals surface area contributed by atoms with E-state index in [4.69, 9.17) is 23.2 Å². The van der Waals surface area contributed by atoms with E-state index in [2.05, 4.69) is 18.7 Å². The Morgan fingerprint density at radius 1 is 1.11 bits per heavy atom. The molecule has 0 unspecified atom stereocenters. The first-order chi connectivity index (χ1) is 13.4. The molecule has 0 saturated heterocycles. The van der Waals surface area contributed by atoms with E-state index in [1.165, 1.54) is 16.7 Å². The average molecular weight is 422 g/mol. The number of para-hydroxylation sites is 1. The summed E-state index contributed by atoms with van der Waals surface area (Å²) in [5, 5.41) is 10.0. The molecule has 0 fully saturated rings. The molecule has 0 aliphatic heterocycles. The lowest BCUT2D eigenvalue weighted by atomic mass is 10.2. The number of rotatable bonds is 7. The van der Waals surface area contributed by atoms with Gasteiger partial charge in [0.2, 0.25) is 0 Å². The van der Waals surface area contributed by atoms with Crippen molar-refractivity contribution >= 4 is 40.2 Å². The summed E-state index contributed by atoms with van der Waals surface area (Å²) in [5.41, 5.74) is 1.15. The maximum atomic E-state index is 13.3. The summed E-state index contributed by atoms with van der Waals surface area (Å²) in [6.07, 6.45) is 0. The van der Waals surface area contributed by atoms with Crippen LogP contribution in [0, 0.1) is 0 Å². The molecular weight excluding hydrogens is 401 g/mol. The number of nitrogens with zero attached hydrogens (tertiary/aromatic N) is 3. The average Bonchev–Trinajstić information content (AvgIpc) is 2.95. The van der Waals surface area contributed by atoms with Crippen LogP contribution in [0.15, 0.2) is 41.2 Å². The van der Waals surface area contributed by atoms with Crippen molar-refractivity contribution < 1.29 is 9.90 Å². The standard InChI is InChI=1S/C20H21Cl2N3O3/c1-3-23(4-2)9-10-24-17-12-13(19(26)27)11-15(22)18(17)25(20(24)28)16-8-6-5-7-14(16)21/h5-8,11-12H,3-4,9-10H2,1-2H3,(H,26,27). The van der Waals surface area contributed by atoms with Gasteiger partial charge in [-0.05, 0) is 37.4 Å². The van der Waals surface area contributed by atoms with E-state index < -0.39 is 5.97 Å². The van der Waals surface area contributed by atoms with E-state index in [0.29, 0.717) is 34.8 Å². The molecule has 28 heavy (non-hydrogen) atoms. The molecule has 0 radical (unpaired) electrons. The normalized spacial score (nSPS) is 11.5. The molecule has 8 heteroatoms. The number of hydrogen-bond acceptors (Lipinski definition) is 3. The molecule has 0 spiro atoms. The molecule has 3 aromatic rings. The topological polar surface area (TPSA) is 67.5 Å². The lowest BCUT2D eigenvalue weighted by Crippen LogP contribution is -2.31. The smallest absolute Gasteiger partial charge is 0.335 e. The van der Waals surface area contributed by atoms with Gasteiger partial charge in [0.1, 0.15) is 0 Å². The summed E-state index contributed by atoms with van der Waals surface area (Å²) in [6, 6.07) is 9.84.